The standard InChI is InChI=1S/C37H52F2N6O8S/c1-24(2)30(43-34(48)53-35(3,4)5)33(47)52-22-17-40-54(49,50)25-7-8-26(27(23-25)44-18-13-36(11-12-36)14-19-44)32(46)42-29-10-9-28(51-6)31(41-29)45-20-15-37(38,39)16-21-45/h7-10,23-24,30,40H,11-22H2,1-6H3,(H,43,48)(H,41,42,46)/t30-/m0/s1. The average Bonchev–Trinajstić information content (AvgIpc) is 3.86. The van der Waals surface area contributed by atoms with Gasteiger partial charge in [0.1, 0.15) is 24.1 Å². The van der Waals surface area contributed by atoms with E-state index < -0.39 is 45.6 Å². The first-order valence-electron chi connectivity index (χ1n) is 18.3. The SMILES string of the molecule is COc1ccc(NC(=O)c2ccc(S(=O)(=O)NCCOC(=O)[C@@H](NC(=O)OC(C)(C)C)C(C)C)cc2N2CCC3(CC2)CC3)nc1N1CCC(F)(F)CC1. The fourth-order valence-corrected chi connectivity index (χ4v) is 7.62. The van der Waals surface area contributed by atoms with Crippen LogP contribution in [0.1, 0.15) is 83.5 Å². The molecule has 0 unspecified atom stereocenters. The molecule has 1 saturated carbocycles. The van der Waals surface area contributed by atoms with Gasteiger partial charge in [-0.15, -0.1) is 0 Å². The number of piperidine rings is 2. The van der Waals surface area contributed by atoms with E-state index in [-0.39, 0.29) is 61.3 Å². The molecular formula is C37H52F2N6O8S. The molecule has 5 rings (SSSR count). The Hall–Kier alpha value is -4.25. The highest BCUT2D eigenvalue weighted by molar-refractivity contribution is 7.89. The Bertz CT molecular complexity index is 1800. The molecule has 3 heterocycles. The monoisotopic (exact) mass is 778 g/mol. The summed E-state index contributed by atoms with van der Waals surface area (Å²) >= 11 is 0. The van der Waals surface area contributed by atoms with E-state index in [1.807, 2.05) is 4.90 Å². The lowest BCUT2D eigenvalue weighted by molar-refractivity contribution is -0.147. The van der Waals surface area contributed by atoms with Crippen LogP contribution in [0.5, 0.6) is 5.75 Å². The van der Waals surface area contributed by atoms with Crippen molar-refractivity contribution in [1.82, 2.24) is 15.0 Å². The van der Waals surface area contributed by atoms with Crippen LogP contribution >= 0.6 is 0 Å². The van der Waals surface area contributed by atoms with E-state index >= 15 is 0 Å². The molecule has 14 nitrogen and oxygen atoms in total. The van der Waals surface area contributed by atoms with Gasteiger partial charge in [-0.1, -0.05) is 13.8 Å². The van der Waals surface area contributed by atoms with Crippen LogP contribution in [0.25, 0.3) is 0 Å². The van der Waals surface area contributed by atoms with E-state index in [4.69, 9.17) is 14.2 Å². The molecule has 3 N–H and O–H groups in total. The summed E-state index contributed by atoms with van der Waals surface area (Å²) in [6.07, 6.45) is 2.75. The quantitative estimate of drug-likeness (QED) is 0.178. The van der Waals surface area contributed by atoms with Gasteiger partial charge in [0.15, 0.2) is 11.6 Å². The van der Waals surface area contributed by atoms with E-state index in [0.29, 0.717) is 35.8 Å². The van der Waals surface area contributed by atoms with Gasteiger partial charge in [-0.3, -0.25) is 4.79 Å². The van der Waals surface area contributed by atoms with Crippen molar-refractivity contribution in [1.29, 1.82) is 0 Å². The predicted molar refractivity (Wildman–Crippen MR) is 199 cm³/mol. The summed E-state index contributed by atoms with van der Waals surface area (Å²) in [7, 11) is -2.66. The maximum atomic E-state index is 13.9. The number of carbonyl (C=O) groups excluding carboxylic acids is 3. The second-order valence-electron chi connectivity index (χ2n) is 15.6. The number of anilines is 3. The van der Waals surface area contributed by atoms with E-state index in [2.05, 4.69) is 20.3 Å². The number of esters is 1. The van der Waals surface area contributed by atoms with Crippen molar-refractivity contribution in [2.45, 2.75) is 95.6 Å². The minimum Gasteiger partial charge on any atom is -0.493 e. The molecule has 17 heteroatoms. The number of alkyl halides is 2. The first-order valence-corrected chi connectivity index (χ1v) is 19.8. The number of benzene rings is 1. The van der Waals surface area contributed by atoms with Gasteiger partial charge >= 0.3 is 12.1 Å². The maximum absolute atomic E-state index is 13.9. The maximum Gasteiger partial charge on any atom is 0.408 e. The largest absolute Gasteiger partial charge is 0.493 e. The number of hydrogen-bond donors (Lipinski definition) is 3. The van der Waals surface area contributed by atoms with Crippen LogP contribution in [-0.2, 0) is 24.3 Å². The number of hydrogen-bond acceptors (Lipinski definition) is 11. The third-order valence-corrected chi connectivity index (χ3v) is 11.4. The fraction of sp³-hybridized carbons (Fsp3) is 0.622. The number of ether oxygens (including phenoxy) is 3. The van der Waals surface area contributed by atoms with Crippen molar-refractivity contribution < 1.29 is 45.8 Å². The summed E-state index contributed by atoms with van der Waals surface area (Å²) in [5.74, 6) is -3.42. The van der Waals surface area contributed by atoms with Crippen LogP contribution in [0.3, 0.4) is 0 Å². The molecule has 54 heavy (non-hydrogen) atoms. The van der Waals surface area contributed by atoms with Gasteiger partial charge in [-0.05, 0) is 88.1 Å². The topological polar surface area (TPSA) is 168 Å². The minimum atomic E-state index is -4.12. The zero-order chi connectivity index (χ0) is 39.5. The second-order valence-corrected chi connectivity index (χ2v) is 17.4. The molecule has 0 radical (unpaired) electrons. The molecule has 1 aliphatic carbocycles. The van der Waals surface area contributed by atoms with E-state index in [1.54, 1.807) is 51.7 Å². The summed E-state index contributed by atoms with van der Waals surface area (Å²) in [4.78, 5) is 47.1. The smallest absolute Gasteiger partial charge is 0.408 e. The zero-order valence-corrected chi connectivity index (χ0v) is 32.6. The average molecular weight is 779 g/mol. The van der Waals surface area contributed by atoms with E-state index in [9.17, 15) is 31.6 Å². The molecule has 2 aromatic rings. The Morgan fingerprint density at radius 1 is 0.944 bits per heavy atom. The van der Waals surface area contributed by atoms with E-state index in [1.165, 1.54) is 25.3 Å². The van der Waals surface area contributed by atoms with Gasteiger partial charge in [-0.2, -0.15) is 0 Å². The summed E-state index contributed by atoms with van der Waals surface area (Å²) in [5, 5.41) is 5.32. The molecule has 298 valence electrons. The number of nitrogens with one attached hydrogen (secondary N) is 3. The molecule has 0 bridgehead atoms. The number of nitrogens with zero attached hydrogens (tertiary/aromatic N) is 3. The summed E-state index contributed by atoms with van der Waals surface area (Å²) < 4.78 is 73.2. The lowest BCUT2D eigenvalue weighted by atomic mass is 9.93. The Balaban J connectivity index is 1.28. The van der Waals surface area contributed by atoms with Crippen LogP contribution in [0.4, 0.5) is 30.9 Å². The lowest BCUT2D eigenvalue weighted by Gasteiger charge is -2.35. The number of aromatic nitrogens is 1. The molecule has 2 saturated heterocycles. The number of alkyl carbamates (subject to hydrolysis) is 1. The Labute approximate surface area is 315 Å². The van der Waals surface area contributed by atoms with E-state index in [0.717, 1.165) is 25.7 Å². The molecule has 3 fully saturated rings. The van der Waals surface area contributed by atoms with Crippen molar-refractivity contribution in [3.05, 3.63) is 35.9 Å². The van der Waals surface area contributed by atoms with Crippen LogP contribution in [0.15, 0.2) is 35.2 Å². The first-order chi connectivity index (χ1) is 25.3. The molecule has 1 aromatic carbocycles. The third kappa shape index (κ3) is 10.5. The van der Waals surface area contributed by atoms with Crippen molar-refractivity contribution in [3.8, 4) is 5.75 Å². The summed E-state index contributed by atoms with van der Waals surface area (Å²) in [6, 6.07) is 6.42. The van der Waals surface area contributed by atoms with Crippen molar-refractivity contribution >= 4 is 45.3 Å². The molecular weight excluding hydrogens is 727 g/mol. The number of carbonyl (C=O) groups is 3. The number of sulfonamides is 1. The highest BCUT2D eigenvalue weighted by Gasteiger charge is 2.45. The van der Waals surface area contributed by atoms with Gasteiger partial charge in [0.2, 0.25) is 10.0 Å². The van der Waals surface area contributed by atoms with Crippen LogP contribution in [0, 0.1) is 11.3 Å². The molecule has 1 aromatic heterocycles. The minimum absolute atomic E-state index is 0.0739. The highest BCUT2D eigenvalue weighted by atomic mass is 32.2. The molecule has 1 atom stereocenters. The second kappa shape index (κ2) is 16.2. The zero-order valence-electron chi connectivity index (χ0n) is 31.8. The van der Waals surface area contributed by atoms with Crippen LogP contribution in [0.2, 0.25) is 0 Å². The lowest BCUT2D eigenvalue weighted by Crippen LogP contribution is -2.47. The molecule has 1 spiro atoms. The molecule has 3 aliphatic rings. The summed E-state index contributed by atoms with van der Waals surface area (Å²) in [6.45, 7) is 9.45. The van der Waals surface area contributed by atoms with Crippen molar-refractivity contribution in [2.75, 3.05) is 61.6 Å². The summed E-state index contributed by atoms with van der Waals surface area (Å²) in [5.41, 5.74) is 0.238. The van der Waals surface area contributed by atoms with Gasteiger partial charge < -0.3 is 34.6 Å². The van der Waals surface area contributed by atoms with Gasteiger partial charge in [0.25, 0.3) is 11.8 Å². The number of halogens is 2. The van der Waals surface area contributed by atoms with Crippen molar-refractivity contribution in [2.24, 2.45) is 11.3 Å². The molecule has 2 amide bonds. The molecule has 2 aliphatic heterocycles. The highest BCUT2D eigenvalue weighted by Crippen LogP contribution is 2.54. The van der Waals surface area contributed by atoms with Gasteiger partial charge in [0, 0.05) is 45.6 Å². The first kappa shape index (κ1) is 40.9. The van der Waals surface area contributed by atoms with Crippen molar-refractivity contribution in [3.63, 3.8) is 0 Å². The van der Waals surface area contributed by atoms with Gasteiger partial charge in [0.05, 0.1) is 23.3 Å². The Morgan fingerprint density at radius 3 is 2.19 bits per heavy atom. The van der Waals surface area contributed by atoms with Gasteiger partial charge in [-0.25, -0.2) is 36.5 Å². The predicted octanol–water partition coefficient (Wildman–Crippen LogP) is 5.33. The van der Waals surface area contributed by atoms with Crippen LogP contribution in [-0.4, -0.2) is 95.4 Å². The number of amides is 2. The fourth-order valence-electron chi connectivity index (χ4n) is 6.58. The normalized spacial score (nSPS) is 18.5. The third-order valence-electron chi connectivity index (χ3n) is 9.97. The van der Waals surface area contributed by atoms with Crippen LogP contribution < -0.4 is 29.9 Å². The number of pyridine rings is 1. The number of methoxy groups -OCH3 is 1. The Morgan fingerprint density at radius 2 is 1.59 bits per heavy atom. The number of rotatable bonds is 13. The Kier molecular flexibility index (Phi) is 12.3.